The Labute approximate surface area is 142 Å². The molecule has 21 heavy (non-hydrogen) atoms. The zero-order valence-corrected chi connectivity index (χ0v) is 14.4. The summed E-state index contributed by atoms with van der Waals surface area (Å²) in [6.07, 6.45) is 0. The molecule has 0 aliphatic carbocycles. The molecule has 1 saturated heterocycles. The van der Waals surface area contributed by atoms with Crippen molar-refractivity contribution >= 4 is 63.1 Å². The molecule has 5 nitrogen and oxygen atoms in total. The number of rotatable bonds is 4. The molecule has 1 aliphatic rings. The number of hydrogen-bond donors (Lipinski definition) is 2. The van der Waals surface area contributed by atoms with Crippen LogP contribution in [0.3, 0.4) is 0 Å². The topological polar surface area (TPSA) is 47.6 Å². The van der Waals surface area contributed by atoms with Crippen LogP contribution in [0.4, 0.5) is 5.69 Å². The molecule has 0 atom stereocenters. The van der Waals surface area contributed by atoms with Crippen molar-refractivity contribution in [3.8, 4) is 0 Å². The predicted molar refractivity (Wildman–Crippen MR) is 92.6 cm³/mol. The molecule has 1 aromatic rings. The molecule has 1 aliphatic heterocycles. The Bertz CT molecular complexity index is 558. The summed E-state index contributed by atoms with van der Waals surface area (Å²) in [4.78, 5) is 15.8. The second kappa shape index (κ2) is 7.51. The molecular formula is C12H14Cl2N4OS2. The first-order valence-corrected chi connectivity index (χ1v) is 8.21. The van der Waals surface area contributed by atoms with Gasteiger partial charge in [0.05, 0.1) is 29.8 Å². The van der Waals surface area contributed by atoms with Gasteiger partial charge in [0.1, 0.15) is 4.32 Å². The summed E-state index contributed by atoms with van der Waals surface area (Å²) in [5.74, 6) is 0.556. The Kier molecular flexibility index (Phi) is 5.95. The number of halogens is 2. The Morgan fingerprint density at radius 3 is 2.90 bits per heavy atom. The lowest BCUT2D eigenvalue weighted by Crippen LogP contribution is -2.47. The third-order valence-corrected chi connectivity index (χ3v) is 5.00. The summed E-state index contributed by atoms with van der Waals surface area (Å²) < 4.78 is 0.845. The number of hydrogen-bond acceptors (Lipinski definition) is 5. The largest absolute Gasteiger partial charge is 0.348 e. The second-order valence-corrected chi connectivity index (χ2v) is 6.93. The first-order chi connectivity index (χ1) is 9.95. The average Bonchev–Trinajstić information content (AvgIpc) is 2.42. The minimum Gasteiger partial charge on any atom is -0.348 e. The van der Waals surface area contributed by atoms with Crippen LogP contribution < -0.4 is 10.9 Å². The highest BCUT2D eigenvalue weighted by Gasteiger charge is 2.20. The van der Waals surface area contributed by atoms with Gasteiger partial charge >= 0.3 is 0 Å². The summed E-state index contributed by atoms with van der Waals surface area (Å²) in [5, 5.41) is 0.989. The molecule has 1 fully saturated rings. The van der Waals surface area contributed by atoms with Crippen molar-refractivity contribution in [1.82, 2.24) is 15.2 Å². The van der Waals surface area contributed by atoms with Gasteiger partial charge in [-0.15, -0.1) is 0 Å². The van der Waals surface area contributed by atoms with Gasteiger partial charge in [-0.2, -0.15) is 0 Å². The number of nitrogens with one attached hydrogen (secondary N) is 2. The highest BCUT2D eigenvalue weighted by molar-refractivity contribution is 8.22. The smallest absolute Gasteiger partial charge is 0.252 e. The van der Waals surface area contributed by atoms with E-state index in [-0.39, 0.29) is 12.5 Å². The van der Waals surface area contributed by atoms with E-state index < -0.39 is 0 Å². The van der Waals surface area contributed by atoms with Crippen LogP contribution in [0.15, 0.2) is 18.2 Å². The third kappa shape index (κ3) is 4.89. The van der Waals surface area contributed by atoms with Crippen LogP contribution in [-0.4, -0.2) is 46.2 Å². The molecule has 1 aromatic carbocycles. The van der Waals surface area contributed by atoms with Crippen molar-refractivity contribution < 1.29 is 4.79 Å². The maximum absolute atomic E-state index is 11.9. The standard InChI is InChI=1S/C12H14Cl2N4OS2/c1-17-6-18(7-21-12(17)20)5-11(19)16-15-10-3-2-8(13)4-9(10)14/h2-4,15H,5-7H2,1H3,(H,16,19). The van der Waals surface area contributed by atoms with Gasteiger partial charge in [-0.3, -0.25) is 20.5 Å². The summed E-state index contributed by atoms with van der Waals surface area (Å²) in [5.41, 5.74) is 6.00. The fourth-order valence-electron chi connectivity index (χ4n) is 1.72. The number of nitrogens with zero attached hydrogens (tertiary/aromatic N) is 2. The molecule has 114 valence electrons. The Morgan fingerprint density at radius 2 is 2.24 bits per heavy atom. The summed E-state index contributed by atoms with van der Waals surface area (Å²) in [7, 11) is 1.91. The minimum atomic E-state index is -0.150. The van der Waals surface area contributed by atoms with E-state index in [1.54, 1.807) is 30.0 Å². The zero-order valence-electron chi connectivity index (χ0n) is 11.2. The lowest BCUT2D eigenvalue weighted by Gasteiger charge is -2.33. The van der Waals surface area contributed by atoms with E-state index in [0.717, 1.165) is 4.32 Å². The predicted octanol–water partition coefficient (Wildman–Crippen LogP) is 2.62. The number of benzene rings is 1. The quantitative estimate of drug-likeness (QED) is 0.632. The number of carbonyl (C=O) groups is 1. The van der Waals surface area contributed by atoms with Gasteiger partial charge in [-0.05, 0) is 18.2 Å². The molecule has 0 spiro atoms. The molecule has 0 unspecified atom stereocenters. The lowest BCUT2D eigenvalue weighted by molar-refractivity contribution is -0.121. The van der Waals surface area contributed by atoms with E-state index in [1.165, 1.54) is 0 Å². The van der Waals surface area contributed by atoms with Crippen molar-refractivity contribution in [3.63, 3.8) is 0 Å². The van der Waals surface area contributed by atoms with Crippen molar-refractivity contribution in [3.05, 3.63) is 28.2 Å². The van der Waals surface area contributed by atoms with Crippen LogP contribution in [0.1, 0.15) is 0 Å². The molecule has 1 amide bonds. The highest BCUT2D eigenvalue weighted by atomic mass is 35.5. The molecular weight excluding hydrogens is 351 g/mol. The Hall–Kier alpha value is -0.730. The van der Waals surface area contributed by atoms with Crippen LogP contribution in [0.2, 0.25) is 10.0 Å². The fraction of sp³-hybridized carbons (Fsp3) is 0.333. The SMILES string of the molecule is CN1CN(CC(=O)NNc2ccc(Cl)cc2Cl)CSC1=S. The molecule has 1 heterocycles. The summed E-state index contributed by atoms with van der Waals surface area (Å²) in [6.45, 7) is 0.916. The number of thioether (sulfide) groups is 1. The van der Waals surface area contributed by atoms with Crippen LogP contribution >= 0.6 is 47.2 Å². The van der Waals surface area contributed by atoms with E-state index in [4.69, 9.17) is 35.4 Å². The van der Waals surface area contributed by atoms with Gasteiger partial charge in [0.25, 0.3) is 5.91 Å². The Morgan fingerprint density at radius 1 is 1.48 bits per heavy atom. The number of amides is 1. The van der Waals surface area contributed by atoms with E-state index in [9.17, 15) is 4.79 Å². The van der Waals surface area contributed by atoms with E-state index in [0.29, 0.717) is 28.3 Å². The lowest BCUT2D eigenvalue weighted by atomic mass is 10.3. The van der Waals surface area contributed by atoms with Crippen molar-refractivity contribution in [2.75, 3.05) is 31.6 Å². The molecule has 0 aromatic heterocycles. The number of hydrazine groups is 1. The maximum Gasteiger partial charge on any atom is 0.252 e. The fourth-order valence-corrected chi connectivity index (χ4v) is 3.14. The van der Waals surface area contributed by atoms with Crippen molar-refractivity contribution in [1.29, 1.82) is 0 Å². The average molecular weight is 365 g/mol. The van der Waals surface area contributed by atoms with Crippen LogP contribution in [-0.2, 0) is 4.79 Å². The zero-order chi connectivity index (χ0) is 15.4. The molecule has 9 heteroatoms. The number of thiocarbonyl (C=S) groups is 1. The second-order valence-electron chi connectivity index (χ2n) is 4.50. The monoisotopic (exact) mass is 364 g/mol. The minimum absolute atomic E-state index is 0.150. The normalized spacial score (nSPS) is 16.0. The van der Waals surface area contributed by atoms with Crippen LogP contribution in [0, 0.1) is 0 Å². The van der Waals surface area contributed by atoms with E-state index >= 15 is 0 Å². The molecule has 0 radical (unpaired) electrons. The molecule has 2 rings (SSSR count). The van der Waals surface area contributed by atoms with Crippen LogP contribution in [0.25, 0.3) is 0 Å². The number of anilines is 1. The molecule has 0 saturated carbocycles. The summed E-state index contributed by atoms with van der Waals surface area (Å²) in [6, 6.07) is 5.00. The van der Waals surface area contributed by atoms with Gasteiger partial charge < -0.3 is 4.90 Å². The van der Waals surface area contributed by atoms with Gasteiger partial charge in [0.15, 0.2) is 0 Å². The first-order valence-electron chi connectivity index (χ1n) is 6.06. The third-order valence-electron chi connectivity index (χ3n) is 2.73. The molecule has 0 bridgehead atoms. The number of carbonyl (C=O) groups excluding carboxylic acids is 1. The molecule has 2 N–H and O–H groups in total. The van der Waals surface area contributed by atoms with Crippen molar-refractivity contribution in [2.24, 2.45) is 0 Å². The van der Waals surface area contributed by atoms with Gasteiger partial charge in [0.2, 0.25) is 0 Å². The van der Waals surface area contributed by atoms with Gasteiger partial charge in [-0.25, -0.2) is 0 Å². The van der Waals surface area contributed by atoms with E-state index in [1.807, 2.05) is 16.8 Å². The first kappa shape index (κ1) is 16.6. The van der Waals surface area contributed by atoms with Crippen molar-refractivity contribution in [2.45, 2.75) is 0 Å². The summed E-state index contributed by atoms with van der Waals surface area (Å²) >= 11 is 18.5. The van der Waals surface area contributed by atoms with E-state index in [2.05, 4.69) is 10.9 Å². The van der Waals surface area contributed by atoms with Gasteiger partial charge in [0, 0.05) is 12.1 Å². The Balaban J connectivity index is 1.81. The van der Waals surface area contributed by atoms with Crippen LogP contribution in [0.5, 0.6) is 0 Å². The maximum atomic E-state index is 11.9. The van der Waals surface area contributed by atoms with Gasteiger partial charge in [-0.1, -0.05) is 47.2 Å². The highest BCUT2D eigenvalue weighted by Crippen LogP contribution is 2.24.